The first kappa shape index (κ1) is 11.4. The van der Waals surface area contributed by atoms with Crippen LogP contribution in [-0.2, 0) is 6.42 Å². The lowest BCUT2D eigenvalue weighted by Crippen LogP contribution is -2.31. The van der Waals surface area contributed by atoms with Crippen LogP contribution in [0.15, 0.2) is 17.5 Å². The van der Waals surface area contributed by atoms with Crippen LogP contribution in [0.2, 0.25) is 0 Å². The molecule has 1 rings (SSSR count). The van der Waals surface area contributed by atoms with Crippen molar-refractivity contribution in [2.45, 2.75) is 33.2 Å². The number of thiazole rings is 1. The molecule has 1 aromatic rings. The molecule has 0 aliphatic rings. The Morgan fingerprint density at radius 2 is 2.43 bits per heavy atom. The van der Waals surface area contributed by atoms with Gasteiger partial charge in [-0.2, -0.15) is 0 Å². The molecule has 1 aromatic heterocycles. The zero-order valence-corrected chi connectivity index (χ0v) is 9.95. The van der Waals surface area contributed by atoms with Crippen molar-refractivity contribution in [2.24, 2.45) is 0 Å². The number of nitrogens with zero attached hydrogens (tertiary/aromatic N) is 1. The van der Waals surface area contributed by atoms with Gasteiger partial charge in [0, 0.05) is 17.8 Å². The maximum Gasteiger partial charge on any atom is 0.0897 e. The molecule has 1 unspecified atom stereocenters. The predicted octanol–water partition coefficient (Wildman–Crippen LogP) is 2.55. The molecule has 0 bridgehead atoms. The zero-order valence-electron chi connectivity index (χ0n) is 9.13. The van der Waals surface area contributed by atoms with Gasteiger partial charge in [0.05, 0.1) is 10.7 Å². The highest BCUT2D eigenvalue weighted by Gasteiger charge is 2.10. The Kier molecular flexibility index (Phi) is 4.29. The zero-order chi connectivity index (χ0) is 10.6. The van der Waals surface area contributed by atoms with Gasteiger partial charge in [-0.15, -0.1) is 11.3 Å². The largest absolute Gasteiger partial charge is 0.310 e. The first-order valence-electron chi connectivity index (χ1n) is 4.93. The summed E-state index contributed by atoms with van der Waals surface area (Å²) in [5.74, 6) is 0. The minimum Gasteiger partial charge on any atom is -0.310 e. The average molecular weight is 210 g/mol. The molecule has 78 valence electrons. The number of likely N-dealkylation sites (N-methyl/N-ethyl adjacent to an activating group) is 1. The third-order valence-electron chi connectivity index (χ3n) is 2.13. The molecular formula is C11H18N2S. The molecule has 0 aliphatic heterocycles. The van der Waals surface area contributed by atoms with E-state index in [1.807, 2.05) is 6.92 Å². The van der Waals surface area contributed by atoms with Gasteiger partial charge in [-0.05, 0) is 20.4 Å². The van der Waals surface area contributed by atoms with E-state index in [0.717, 1.165) is 18.0 Å². The standard InChI is InChI=1S/C11H18N2S/c1-5-12-11(8(2)3)6-10-7-14-9(4)13-10/h7,11-12H,2,5-6H2,1,3-4H3. The second-order valence-corrected chi connectivity index (χ2v) is 4.58. The summed E-state index contributed by atoms with van der Waals surface area (Å²) < 4.78 is 0. The molecular weight excluding hydrogens is 192 g/mol. The third-order valence-corrected chi connectivity index (χ3v) is 2.95. The van der Waals surface area contributed by atoms with E-state index in [1.54, 1.807) is 11.3 Å². The molecule has 1 atom stereocenters. The summed E-state index contributed by atoms with van der Waals surface area (Å²) in [6, 6.07) is 0.362. The summed E-state index contributed by atoms with van der Waals surface area (Å²) in [7, 11) is 0. The highest BCUT2D eigenvalue weighted by molar-refractivity contribution is 7.09. The minimum absolute atomic E-state index is 0.362. The number of aryl methyl sites for hydroxylation is 1. The van der Waals surface area contributed by atoms with E-state index in [9.17, 15) is 0 Å². The second kappa shape index (κ2) is 5.27. The lowest BCUT2D eigenvalue weighted by atomic mass is 10.1. The van der Waals surface area contributed by atoms with Gasteiger partial charge < -0.3 is 5.32 Å². The predicted molar refractivity (Wildman–Crippen MR) is 62.8 cm³/mol. The normalized spacial score (nSPS) is 12.8. The Morgan fingerprint density at radius 1 is 1.71 bits per heavy atom. The molecule has 0 fully saturated rings. The Morgan fingerprint density at radius 3 is 2.86 bits per heavy atom. The van der Waals surface area contributed by atoms with Gasteiger partial charge in [-0.1, -0.05) is 19.1 Å². The van der Waals surface area contributed by atoms with E-state index in [4.69, 9.17) is 0 Å². The van der Waals surface area contributed by atoms with Crippen LogP contribution < -0.4 is 5.32 Å². The van der Waals surface area contributed by atoms with Crippen molar-refractivity contribution in [3.05, 3.63) is 28.2 Å². The second-order valence-electron chi connectivity index (χ2n) is 3.52. The molecule has 0 aliphatic carbocycles. The van der Waals surface area contributed by atoms with Crippen LogP contribution >= 0.6 is 11.3 Å². The fourth-order valence-electron chi connectivity index (χ4n) is 1.38. The summed E-state index contributed by atoms with van der Waals surface area (Å²) in [6.45, 7) is 11.2. The first-order valence-corrected chi connectivity index (χ1v) is 5.81. The lowest BCUT2D eigenvalue weighted by Gasteiger charge is -2.16. The van der Waals surface area contributed by atoms with Crippen molar-refractivity contribution in [2.75, 3.05) is 6.54 Å². The first-order chi connectivity index (χ1) is 6.63. The van der Waals surface area contributed by atoms with Gasteiger partial charge in [0.15, 0.2) is 0 Å². The highest BCUT2D eigenvalue weighted by atomic mass is 32.1. The van der Waals surface area contributed by atoms with Crippen LogP contribution in [0.5, 0.6) is 0 Å². The fourth-order valence-corrected chi connectivity index (χ4v) is 2.00. The summed E-state index contributed by atoms with van der Waals surface area (Å²) in [5.41, 5.74) is 2.35. The highest BCUT2D eigenvalue weighted by Crippen LogP contribution is 2.12. The van der Waals surface area contributed by atoms with Gasteiger partial charge in [0.25, 0.3) is 0 Å². The topological polar surface area (TPSA) is 24.9 Å². The molecule has 0 spiro atoms. The molecule has 0 radical (unpaired) electrons. The number of hydrogen-bond acceptors (Lipinski definition) is 3. The number of aromatic nitrogens is 1. The third kappa shape index (κ3) is 3.24. The van der Waals surface area contributed by atoms with Gasteiger partial charge in [0.1, 0.15) is 0 Å². The maximum atomic E-state index is 4.45. The summed E-state index contributed by atoms with van der Waals surface area (Å²) in [4.78, 5) is 4.45. The minimum atomic E-state index is 0.362. The summed E-state index contributed by atoms with van der Waals surface area (Å²) in [6.07, 6.45) is 0.952. The van der Waals surface area contributed by atoms with Crippen molar-refractivity contribution in [3.63, 3.8) is 0 Å². The maximum absolute atomic E-state index is 4.45. The van der Waals surface area contributed by atoms with Crippen molar-refractivity contribution in [1.82, 2.24) is 10.3 Å². The average Bonchev–Trinajstić information content (AvgIpc) is 2.50. The summed E-state index contributed by atoms with van der Waals surface area (Å²) in [5, 5.41) is 6.67. The van der Waals surface area contributed by atoms with E-state index >= 15 is 0 Å². The van der Waals surface area contributed by atoms with Gasteiger partial charge >= 0.3 is 0 Å². The molecule has 0 amide bonds. The molecule has 1 N–H and O–H groups in total. The van der Waals surface area contributed by atoms with Crippen LogP contribution in [0.3, 0.4) is 0 Å². The monoisotopic (exact) mass is 210 g/mol. The molecule has 0 aromatic carbocycles. The van der Waals surface area contributed by atoms with Gasteiger partial charge in [-0.3, -0.25) is 0 Å². The SMILES string of the molecule is C=C(C)C(Cc1csc(C)n1)NCC. The van der Waals surface area contributed by atoms with Crippen molar-refractivity contribution < 1.29 is 0 Å². The fraction of sp³-hybridized carbons (Fsp3) is 0.545. The smallest absolute Gasteiger partial charge is 0.0897 e. The molecule has 2 nitrogen and oxygen atoms in total. The van der Waals surface area contributed by atoms with Crippen LogP contribution in [0, 0.1) is 6.92 Å². The van der Waals surface area contributed by atoms with Crippen LogP contribution in [0.4, 0.5) is 0 Å². The van der Waals surface area contributed by atoms with E-state index in [0.29, 0.717) is 6.04 Å². The lowest BCUT2D eigenvalue weighted by molar-refractivity contribution is 0.582. The number of hydrogen-bond donors (Lipinski definition) is 1. The van der Waals surface area contributed by atoms with Crippen LogP contribution in [-0.4, -0.2) is 17.6 Å². The molecule has 0 saturated carbocycles. The Hall–Kier alpha value is -0.670. The van der Waals surface area contributed by atoms with Gasteiger partial charge in [-0.25, -0.2) is 4.98 Å². The van der Waals surface area contributed by atoms with E-state index in [-0.39, 0.29) is 0 Å². The summed E-state index contributed by atoms with van der Waals surface area (Å²) >= 11 is 1.71. The van der Waals surface area contributed by atoms with E-state index in [1.165, 1.54) is 11.3 Å². The molecule has 14 heavy (non-hydrogen) atoms. The van der Waals surface area contributed by atoms with Gasteiger partial charge in [0.2, 0.25) is 0 Å². The Bertz CT molecular complexity index is 304. The quantitative estimate of drug-likeness (QED) is 0.755. The van der Waals surface area contributed by atoms with E-state index in [2.05, 4.69) is 36.1 Å². The van der Waals surface area contributed by atoms with Crippen molar-refractivity contribution in [1.29, 1.82) is 0 Å². The Balaban J connectivity index is 2.59. The van der Waals surface area contributed by atoms with Crippen molar-refractivity contribution in [3.8, 4) is 0 Å². The van der Waals surface area contributed by atoms with Crippen LogP contribution in [0.25, 0.3) is 0 Å². The molecule has 3 heteroatoms. The number of rotatable bonds is 5. The van der Waals surface area contributed by atoms with Crippen LogP contribution in [0.1, 0.15) is 24.5 Å². The van der Waals surface area contributed by atoms with Crippen molar-refractivity contribution >= 4 is 11.3 Å². The molecule has 1 heterocycles. The molecule has 0 saturated heterocycles. The number of nitrogens with one attached hydrogen (secondary N) is 1. The van der Waals surface area contributed by atoms with E-state index < -0.39 is 0 Å². The Labute approximate surface area is 90.1 Å².